The van der Waals surface area contributed by atoms with Gasteiger partial charge in [-0.25, -0.2) is 13.1 Å². The molecule has 0 heterocycles. The standard InChI is InChI=1S/C10H11Cl2F3N2O2S/c1-5(4-10(13,14)15)17-20(18,19)9-7(12)2-6(11)3-8(9)16/h2-3,5,17H,4,16H2,1H3. The van der Waals surface area contributed by atoms with Gasteiger partial charge in [0.2, 0.25) is 10.0 Å². The lowest BCUT2D eigenvalue weighted by Crippen LogP contribution is -2.36. The molecular formula is C10H11Cl2F3N2O2S. The Morgan fingerprint density at radius 1 is 1.35 bits per heavy atom. The van der Waals surface area contributed by atoms with Crippen LogP contribution in [0.2, 0.25) is 10.0 Å². The van der Waals surface area contributed by atoms with Crippen LogP contribution in [-0.2, 0) is 10.0 Å². The van der Waals surface area contributed by atoms with Gasteiger partial charge in [0.25, 0.3) is 0 Å². The van der Waals surface area contributed by atoms with Crippen molar-refractivity contribution >= 4 is 38.9 Å². The molecule has 0 aliphatic heterocycles. The summed E-state index contributed by atoms with van der Waals surface area (Å²) in [5.41, 5.74) is 5.26. The Morgan fingerprint density at radius 3 is 2.35 bits per heavy atom. The molecule has 0 aliphatic rings. The van der Waals surface area contributed by atoms with E-state index in [2.05, 4.69) is 0 Å². The maximum absolute atomic E-state index is 12.2. The fourth-order valence-corrected chi connectivity index (χ4v) is 3.81. The summed E-state index contributed by atoms with van der Waals surface area (Å²) >= 11 is 11.4. The van der Waals surface area contributed by atoms with Crippen molar-refractivity contribution in [2.75, 3.05) is 5.73 Å². The van der Waals surface area contributed by atoms with Crippen molar-refractivity contribution in [2.24, 2.45) is 0 Å². The summed E-state index contributed by atoms with van der Waals surface area (Å²) in [6.45, 7) is 1.09. The molecule has 1 aromatic rings. The molecule has 1 atom stereocenters. The summed E-state index contributed by atoms with van der Waals surface area (Å²) in [5.74, 6) is 0. The van der Waals surface area contributed by atoms with Gasteiger partial charge in [-0.2, -0.15) is 13.2 Å². The first-order valence-electron chi connectivity index (χ1n) is 5.26. The van der Waals surface area contributed by atoms with Gasteiger partial charge in [-0.3, -0.25) is 0 Å². The van der Waals surface area contributed by atoms with E-state index in [9.17, 15) is 21.6 Å². The number of hydrogen-bond donors (Lipinski definition) is 2. The number of hydrogen-bond acceptors (Lipinski definition) is 3. The number of nitrogen functional groups attached to an aromatic ring is 1. The Hall–Kier alpha value is -0.700. The van der Waals surface area contributed by atoms with Crippen molar-refractivity contribution in [2.45, 2.75) is 30.5 Å². The molecule has 3 N–H and O–H groups in total. The summed E-state index contributed by atoms with van der Waals surface area (Å²) < 4.78 is 62.4. The highest BCUT2D eigenvalue weighted by molar-refractivity contribution is 7.89. The van der Waals surface area contributed by atoms with E-state index in [1.807, 2.05) is 4.72 Å². The van der Waals surface area contributed by atoms with E-state index >= 15 is 0 Å². The second-order valence-corrected chi connectivity index (χ2v) is 6.64. The first-order chi connectivity index (χ1) is 8.92. The second kappa shape index (κ2) is 5.97. The Morgan fingerprint density at radius 2 is 1.90 bits per heavy atom. The number of anilines is 1. The summed E-state index contributed by atoms with van der Waals surface area (Å²) in [4.78, 5) is -0.488. The molecule has 4 nitrogen and oxygen atoms in total. The molecule has 0 saturated heterocycles. The minimum atomic E-state index is -4.49. The first kappa shape index (κ1) is 17.4. The number of halogens is 5. The average molecular weight is 351 g/mol. The van der Waals surface area contributed by atoms with Gasteiger partial charge in [0.15, 0.2) is 0 Å². The fraction of sp³-hybridized carbons (Fsp3) is 0.400. The van der Waals surface area contributed by atoms with Gasteiger partial charge >= 0.3 is 6.18 Å². The molecule has 0 aromatic heterocycles. The largest absolute Gasteiger partial charge is 0.398 e. The van der Waals surface area contributed by atoms with Gasteiger partial charge in [0.1, 0.15) is 4.90 Å². The van der Waals surface area contributed by atoms with Gasteiger partial charge < -0.3 is 5.73 Å². The number of sulfonamides is 1. The fourth-order valence-electron chi connectivity index (χ4n) is 1.58. The van der Waals surface area contributed by atoms with E-state index in [1.165, 1.54) is 0 Å². The van der Waals surface area contributed by atoms with Crippen LogP contribution in [0.15, 0.2) is 17.0 Å². The van der Waals surface area contributed by atoms with E-state index in [0.29, 0.717) is 0 Å². The highest BCUT2D eigenvalue weighted by Gasteiger charge is 2.33. The van der Waals surface area contributed by atoms with Crippen molar-refractivity contribution in [3.63, 3.8) is 0 Å². The van der Waals surface area contributed by atoms with Gasteiger partial charge in [-0.05, 0) is 19.1 Å². The number of nitrogens with one attached hydrogen (secondary N) is 1. The predicted octanol–water partition coefficient (Wildman–Crippen LogP) is 3.19. The van der Waals surface area contributed by atoms with E-state index in [1.54, 1.807) is 0 Å². The third-order valence-electron chi connectivity index (χ3n) is 2.20. The normalized spacial score (nSPS) is 14.3. The minimum Gasteiger partial charge on any atom is -0.398 e. The summed E-state index contributed by atoms with van der Waals surface area (Å²) in [6.07, 6.45) is -5.80. The quantitative estimate of drug-likeness (QED) is 0.819. The van der Waals surface area contributed by atoms with Crippen molar-refractivity contribution in [3.8, 4) is 0 Å². The van der Waals surface area contributed by atoms with E-state index in [0.717, 1.165) is 19.1 Å². The molecule has 0 amide bonds. The Labute approximate surface area is 124 Å². The molecule has 1 unspecified atom stereocenters. The van der Waals surface area contributed by atoms with Crippen LogP contribution >= 0.6 is 23.2 Å². The number of nitrogens with two attached hydrogens (primary N) is 1. The van der Waals surface area contributed by atoms with Crippen LogP contribution in [0.4, 0.5) is 18.9 Å². The van der Waals surface area contributed by atoms with Crippen LogP contribution in [0.25, 0.3) is 0 Å². The van der Waals surface area contributed by atoms with Crippen LogP contribution in [0, 0.1) is 0 Å². The molecule has 1 rings (SSSR count). The van der Waals surface area contributed by atoms with Crippen LogP contribution in [0.3, 0.4) is 0 Å². The number of rotatable bonds is 4. The van der Waals surface area contributed by atoms with Crippen LogP contribution in [-0.4, -0.2) is 20.6 Å². The minimum absolute atomic E-state index is 0.120. The maximum Gasteiger partial charge on any atom is 0.390 e. The first-order valence-corrected chi connectivity index (χ1v) is 7.50. The molecule has 1 aromatic carbocycles. The van der Waals surface area contributed by atoms with Crippen molar-refractivity contribution < 1.29 is 21.6 Å². The zero-order valence-electron chi connectivity index (χ0n) is 10.1. The Kier molecular flexibility index (Phi) is 5.18. The average Bonchev–Trinajstić information content (AvgIpc) is 2.08. The molecule has 0 spiro atoms. The summed E-state index contributed by atoms with van der Waals surface area (Å²) in [5, 5.41) is -0.142. The molecule has 20 heavy (non-hydrogen) atoms. The van der Waals surface area contributed by atoms with Crippen LogP contribution < -0.4 is 10.5 Å². The SMILES string of the molecule is CC(CC(F)(F)F)NS(=O)(=O)c1c(N)cc(Cl)cc1Cl. The lowest BCUT2D eigenvalue weighted by molar-refractivity contribution is -0.137. The molecule has 0 saturated carbocycles. The van der Waals surface area contributed by atoms with Gasteiger partial charge in [-0.15, -0.1) is 0 Å². The highest BCUT2D eigenvalue weighted by Crippen LogP contribution is 2.31. The molecular weight excluding hydrogens is 340 g/mol. The summed E-state index contributed by atoms with van der Waals surface area (Å²) in [6, 6.07) is 0.935. The van der Waals surface area contributed by atoms with E-state index < -0.39 is 33.6 Å². The van der Waals surface area contributed by atoms with E-state index in [4.69, 9.17) is 28.9 Å². The Balaban J connectivity index is 3.07. The van der Waals surface area contributed by atoms with Crippen molar-refractivity contribution in [3.05, 3.63) is 22.2 Å². The molecule has 0 fully saturated rings. The zero-order chi connectivity index (χ0) is 15.7. The third-order valence-corrected chi connectivity index (χ3v) is 4.53. The molecule has 0 bridgehead atoms. The smallest absolute Gasteiger partial charge is 0.390 e. The number of alkyl halides is 3. The van der Waals surface area contributed by atoms with Crippen LogP contribution in [0.1, 0.15) is 13.3 Å². The Bertz CT molecular complexity index is 582. The molecule has 0 radical (unpaired) electrons. The van der Waals surface area contributed by atoms with Crippen LogP contribution in [0.5, 0.6) is 0 Å². The van der Waals surface area contributed by atoms with Gasteiger partial charge in [0, 0.05) is 11.1 Å². The second-order valence-electron chi connectivity index (χ2n) is 4.15. The van der Waals surface area contributed by atoms with Crippen molar-refractivity contribution in [1.82, 2.24) is 4.72 Å². The molecule has 114 valence electrons. The third kappa shape index (κ3) is 4.69. The maximum atomic E-state index is 12.2. The zero-order valence-corrected chi connectivity index (χ0v) is 12.5. The van der Waals surface area contributed by atoms with Crippen molar-refractivity contribution in [1.29, 1.82) is 0 Å². The summed E-state index contributed by atoms with van der Waals surface area (Å²) in [7, 11) is -4.28. The lowest BCUT2D eigenvalue weighted by atomic mass is 10.2. The van der Waals surface area contributed by atoms with Gasteiger partial charge in [0.05, 0.1) is 17.1 Å². The predicted molar refractivity (Wildman–Crippen MR) is 71.3 cm³/mol. The van der Waals surface area contributed by atoms with Gasteiger partial charge in [-0.1, -0.05) is 23.2 Å². The monoisotopic (exact) mass is 350 g/mol. The molecule has 10 heteroatoms. The molecule has 0 aliphatic carbocycles. The highest BCUT2D eigenvalue weighted by atomic mass is 35.5. The van der Waals surface area contributed by atoms with E-state index in [-0.39, 0.29) is 15.7 Å². The lowest BCUT2D eigenvalue weighted by Gasteiger charge is -2.17. The topological polar surface area (TPSA) is 72.2 Å². The number of benzene rings is 1.